The van der Waals surface area contributed by atoms with Crippen LogP contribution < -0.4 is 10.6 Å². The average Bonchev–Trinajstić information content (AvgIpc) is 2.60. The van der Waals surface area contributed by atoms with Crippen molar-refractivity contribution in [2.24, 2.45) is 0 Å². The average molecular weight is 259 g/mol. The van der Waals surface area contributed by atoms with Gasteiger partial charge in [-0.2, -0.15) is 12.6 Å². The molecule has 0 aliphatic rings. The number of thiol groups is 1. The van der Waals surface area contributed by atoms with Crippen molar-refractivity contribution in [2.45, 2.75) is 19.9 Å². The van der Waals surface area contributed by atoms with E-state index < -0.39 is 6.04 Å². The van der Waals surface area contributed by atoms with E-state index in [4.69, 9.17) is 0 Å². The molecule has 88 valence electrons. The lowest BCUT2D eigenvalue weighted by atomic mass is 10.3. The predicted molar refractivity (Wildman–Crippen MR) is 66.9 cm³/mol. The van der Waals surface area contributed by atoms with Gasteiger partial charge in [0, 0.05) is 23.8 Å². The van der Waals surface area contributed by atoms with Gasteiger partial charge >= 0.3 is 0 Å². The Bertz CT molecular complexity index is 392. The maximum absolute atomic E-state index is 11.7. The van der Waals surface area contributed by atoms with Gasteiger partial charge in [-0.15, -0.1) is 11.3 Å². The monoisotopic (exact) mass is 259 g/mol. The van der Waals surface area contributed by atoms with Crippen LogP contribution in [-0.2, 0) is 9.59 Å². The molecule has 5 nitrogen and oxygen atoms in total. The Kier molecular flexibility index (Phi) is 4.75. The van der Waals surface area contributed by atoms with E-state index in [0.717, 1.165) is 4.88 Å². The van der Waals surface area contributed by atoms with Crippen molar-refractivity contribution in [3.05, 3.63) is 11.1 Å². The van der Waals surface area contributed by atoms with Gasteiger partial charge in [0.05, 0.1) is 0 Å². The molecule has 0 saturated heterocycles. The topological polar surface area (TPSA) is 71.1 Å². The number of aryl methyl sites for hydroxylation is 1. The van der Waals surface area contributed by atoms with Crippen LogP contribution in [0.15, 0.2) is 6.20 Å². The first-order valence-corrected chi connectivity index (χ1v) is 6.09. The highest BCUT2D eigenvalue weighted by Gasteiger charge is 2.18. The van der Waals surface area contributed by atoms with Crippen LogP contribution in [0.1, 0.15) is 11.8 Å². The van der Waals surface area contributed by atoms with Crippen LogP contribution in [0, 0.1) is 6.92 Å². The van der Waals surface area contributed by atoms with Crippen LogP contribution in [0.5, 0.6) is 0 Å². The van der Waals surface area contributed by atoms with Crippen molar-refractivity contribution < 1.29 is 9.59 Å². The van der Waals surface area contributed by atoms with Gasteiger partial charge in [-0.05, 0) is 6.92 Å². The molecule has 1 rings (SSSR count). The molecule has 1 aromatic rings. The molecule has 16 heavy (non-hydrogen) atoms. The van der Waals surface area contributed by atoms with E-state index in [-0.39, 0.29) is 17.6 Å². The zero-order valence-electron chi connectivity index (χ0n) is 8.98. The largest absolute Gasteiger partial charge is 0.344 e. The number of rotatable bonds is 4. The minimum atomic E-state index is -0.634. The minimum Gasteiger partial charge on any atom is -0.344 e. The number of anilines is 1. The fraction of sp³-hybridized carbons (Fsp3) is 0.444. The molecule has 0 aliphatic carbocycles. The molecule has 1 atom stereocenters. The second kappa shape index (κ2) is 5.86. The summed E-state index contributed by atoms with van der Waals surface area (Å²) in [6, 6.07) is -0.634. The van der Waals surface area contributed by atoms with Gasteiger partial charge in [0.15, 0.2) is 5.13 Å². The lowest BCUT2D eigenvalue weighted by Gasteiger charge is -2.13. The molecule has 0 radical (unpaired) electrons. The number of carbonyl (C=O) groups excluding carboxylic acids is 2. The van der Waals surface area contributed by atoms with E-state index in [0.29, 0.717) is 5.13 Å². The van der Waals surface area contributed by atoms with Crippen molar-refractivity contribution >= 4 is 40.9 Å². The van der Waals surface area contributed by atoms with Crippen molar-refractivity contribution in [1.29, 1.82) is 0 Å². The number of nitrogens with one attached hydrogen (secondary N) is 2. The molecule has 0 bridgehead atoms. The zero-order chi connectivity index (χ0) is 12.1. The first kappa shape index (κ1) is 13.0. The number of thiazole rings is 1. The van der Waals surface area contributed by atoms with E-state index in [1.165, 1.54) is 18.3 Å². The second-order valence-electron chi connectivity index (χ2n) is 3.20. The Balaban J connectivity index is 2.59. The maximum atomic E-state index is 11.7. The molecule has 1 heterocycles. The van der Waals surface area contributed by atoms with Crippen molar-refractivity contribution in [1.82, 2.24) is 10.3 Å². The summed E-state index contributed by atoms with van der Waals surface area (Å²) in [4.78, 5) is 27.5. The standard InChI is InChI=1S/C9H13N3O2S2/c1-5-3-10-9(16-5)12-8(14)7(4-15)11-6(2)13/h3,7,15H,4H2,1-2H3,(H,11,13)(H,10,12,14). The van der Waals surface area contributed by atoms with Gasteiger partial charge < -0.3 is 10.6 Å². The molecule has 0 saturated carbocycles. The van der Waals surface area contributed by atoms with Gasteiger partial charge in [-0.3, -0.25) is 9.59 Å². The van der Waals surface area contributed by atoms with E-state index in [1.807, 2.05) is 6.92 Å². The molecule has 0 aromatic carbocycles. The number of hydrogen-bond donors (Lipinski definition) is 3. The maximum Gasteiger partial charge on any atom is 0.249 e. The van der Waals surface area contributed by atoms with Crippen LogP contribution in [0.3, 0.4) is 0 Å². The van der Waals surface area contributed by atoms with Gasteiger partial charge in [0.1, 0.15) is 6.04 Å². The summed E-state index contributed by atoms with van der Waals surface area (Å²) < 4.78 is 0. The van der Waals surface area contributed by atoms with Crippen LogP contribution in [0.25, 0.3) is 0 Å². The first-order valence-electron chi connectivity index (χ1n) is 4.64. The van der Waals surface area contributed by atoms with E-state index >= 15 is 0 Å². The molecule has 1 aromatic heterocycles. The third-order valence-corrected chi connectivity index (χ3v) is 2.92. The quantitative estimate of drug-likeness (QED) is 0.701. The van der Waals surface area contributed by atoms with Gasteiger partial charge in [-0.1, -0.05) is 0 Å². The lowest BCUT2D eigenvalue weighted by molar-refractivity contribution is -0.124. The molecule has 7 heteroatoms. The second-order valence-corrected chi connectivity index (χ2v) is 4.80. The normalized spacial score (nSPS) is 11.9. The SMILES string of the molecule is CC(=O)NC(CS)C(=O)Nc1ncc(C)s1. The van der Waals surface area contributed by atoms with Crippen molar-refractivity contribution in [3.63, 3.8) is 0 Å². The Morgan fingerprint density at radius 3 is 2.75 bits per heavy atom. The third kappa shape index (κ3) is 3.82. The van der Waals surface area contributed by atoms with E-state index in [2.05, 4.69) is 28.2 Å². The van der Waals surface area contributed by atoms with Gasteiger partial charge in [0.25, 0.3) is 0 Å². The van der Waals surface area contributed by atoms with E-state index in [1.54, 1.807) is 6.20 Å². The molecular weight excluding hydrogens is 246 g/mol. The van der Waals surface area contributed by atoms with Crippen molar-refractivity contribution in [2.75, 3.05) is 11.1 Å². The Hall–Kier alpha value is -1.08. The summed E-state index contributed by atoms with van der Waals surface area (Å²) >= 11 is 5.39. The number of hydrogen-bond acceptors (Lipinski definition) is 5. The molecular formula is C9H13N3O2S2. The highest BCUT2D eigenvalue weighted by atomic mass is 32.1. The summed E-state index contributed by atoms with van der Waals surface area (Å²) in [7, 11) is 0. The van der Waals surface area contributed by atoms with Crippen molar-refractivity contribution in [3.8, 4) is 0 Å². The van der Waals surface area contributed by atoms with E-state index in [9.17, 15) is 9.59 Å². The van der Waals surface area contributed by atoms with Crippen LogP contribution in [0.2, 0.25) is 0 Å². The Morgan fingerprint density at radius 1 is 1.62 bits per heavy atom. The van der Waals surface area contributed by atoms with Crippen LogP contribution in [-0.4, -0.2) is 28.6 Å². The third-order valence-electron chi connectivity index (χ3n) is 1.73. The number of nitrogens with zero attached hydrogens (tertiary/aromatic N) is 1. The Labute approximate surface area is 103 Å². The Morgan fingerprint density at radius 2 is 2.31 bits per heavy atom. The smallest absolute Gasteiger partial charge is 0.249 e. The molecule has 1 unspecified atom stereocenters. The molecule has 2 amide bonds. The highest BCUT2D eigenvalue weighted by molar-refractivity contribution is 7.80. The fourth-order valence-corrected chi connectivity index (χ4v) is 1.97. The highest BCUT2D eigenvalue weighted by Crippen LogP contribution is 2.16. The number of aromatic nitrogens is 1. The summed E-state index contributed by atoms with van der Waals surface area (Å²) in [6.07, 6.45) is 1.67. The van der Waals surface area contributed by atoms with Crippen LogP contribution in [0.4, 0.5) is 5.13 Å². The zero-order valence-corrected chi connectivity index (χ0v) is 10.7. The minimum absolute atomic E-state index is 0.246. The predicted octanol–water partition coefficient (Wildman–Crippen LogP) is 0.825. The summed E-state index contributed by atoms with van der Waals surface area (Å²) in [5.74, 6) is -0.320. The van der Waals surface area contributed by atoms with Crippen LogP contribution >= 0.6 is 24.0 Å². The first-order chi connectivity index (χ1) is 7.52. The number of amides is 2. The lowest BCUT2D eigenvalue weighted by Crippen LogP contribution is -2.44. The summed E-state index contributed by atoms with van der Waals surface area (Å²) in [5, 5.41) is 5.66. The fourth-order valence-electron chi connectivity index (χ4n) is 1.04. The summed E-state index contributed by atoms with van der Waals surface area (Å²) in [6.45, 7) is 3.26. The number of carbonyl (C=O) groups is 2. The summed E-state index contributed by atoms with van der Waals surface area (Å²) in [5.41, 5.74) is 0. The molecule has 0 aliphatic heterocycles. The molecule has 2 N–H and O–H groups in total. The molecule has 0 spiro atoms. The van der Waals surface area contributed by atoms with Gasteiger partial charge in [0.2, 0.25) is 11.8 Å². The molecule has 0 fully saturated rings. The van der Waals surface area contributed by atoms with Gasteiger partial charge in [-0.25, -0.2) is 4.98 Å².